The first-order valence-electron chi connectivity index (χ1n) is 9.51. The highest BCUT2D eigenvalue weighted by molar-refractivity contribution is 5.96. The molecular formula is C21H26N2O4. The molecule has 0 atom stereocenters. The zero-order chi connectivity index (χ0) is 18.9. The number of carbonyl (C=O) groups is 2. The summed E-state index contributed by atoms with van der Waals surface area (Å²) in [6.07, 6.45) is 7.68. The molecule has 1 aliphatic carbocycles. The van der Waals surface area contributed by atoms with E-state index in [0.717, 1.165) is 18.6 Å². The van der Waals surface area contributed by atoms with Gasteiger partial charge in [-0.15, -0.1) is 0 Å². The van der Waals surface area contributed by atoms with Crippen LogP contribution in [0.25, 0.3) is 0 Å². The Kier molecular flexibility index (Phi) is 6.90. The molecule has 0 saturated heterocycles. The smallest absolute Gasteiger partial charge is 0.340 e. The highest BCUT2D eigenvalue weighted by atomic mass is 16.5. The number of benzene rings is 1. The average Bonchev–Trinajstić information content (AvgIpc) is 3.23. The first-order chi connectivity index (χ1) is 13.2. The van der Waals surface area contributed by atoms with Crippen LogP contribution >= 0.6 is 0 Å². The molecule has 0 radical (unpaired) electrons. The van der Waals surface area contributed by atoms with Crippen LogP contribution in [0.3, 0.4) is 0 Å². The fraction of sp³-hybridized carbons (Fsp3) is 0.429. The second-order valence-corrected chi connectivity index (χ2v) is 6.86. The minimum atomic E-state index is -0.523. The van der Waals surface area contributed by atoms with Crippen molar-refractivity contribution >= 4 is 17.6 Å². The molecule has 2 N–H and O–H groups in total. The van der Waals surface area contributed by atoms with Gasteiger partial charge in [-0.2, -0.15) is 0 Å². The average molecular weight is 370 g/mol. The second-order valence-electron chi connectivity index (χ2n) is 6.86. The van der Waals surface area contributed by atoms with Crippen molar-refractivity contribution in [2.45, 2.75) is 38.6 Å². The maximum atomic E-state index is 12.4. The van der Waals surface area contributed by atoms with Gasteiger partial charge >= 0.3 is 5.97 Å². The van der Waals surface area contributed by atoms with Gasteiger partial charge in [-0.1, -0.05) is 31.4 Å². The molecule has 1 aromatic carbocycles. The summed E-state index contributed by atoms with van der Waals surface area (Å²) in [6, 6.07) is 10.7. The largest absolute Gasteiger partial charge is 0.467 e. The van der Waals surface area contributed by atoms with Crippen LogP contribution in [-0.2, 0) is 16.1 Å². The van der Waals surface area contributed by atoms with E-state index in [1.165, 1.54) is 19.3 Å². The molecule has 1 aliphatic rings. The van der Waals surface area contributed by atoms with Gasteiger partial charge in [0.25, 0.3) is 5.91 Å². The lowest BCUT2D eigenvalue weighted by Gasteiger charge is -2.21. The minimum absolute atomic E-state index is 0.255. The fourth-order valence-corrected chi connectivity index (χ4v) is 3.32. The Morgan fingerprint density at radius 2 is 1.89 bits per heavy atom. The van der Waals surface area contributed by atoms with Gasteiger partial charge in [0, 0.05) is 12.2 Å². The summed E-state index contributed by atoms with van der Waals surface area (Å²) in [7, 11) is 0. The molecular weight excluding hydrogens is 344 g/mol. The van der Waals surface area contributed by atoms with E-state index < -0.39 is 5.97 Å². The molecule has 6 heteroatoms. The number of nitrogens with one attached hydrogen (secondary N) is 2. The van der Waals surface area contributed by atoms with Crippen LogP contribution in [0.1, 0.15) is 48.2 Å². The van der Waals surface area contributed by atoms with Crippen molar-refractivity contribution in [2.75, 3.05) is 18.5 Å². The monoisotopic (exact) mass is 370 g/mol. The van der Waals surface area contributed by atoms with Gasteiger partial charge in [0.2, 0.25) is 0 Å². The summed E-state index contributed by atoms with van der Waals surface area (Å²) in [5, 5.41) is 6.03. The molecule has 0 unspecified atom stereocenters. The van der Waals surface area contributed by atoms with Crippen LogP contribution in [0, 0.1) is 5.92 Å². The molecule has 2 aromatic rings. The van der Waals surface area contributed by atoms with E-state index >= 15 is 0 Å². The lowest BCUT2D eigenvalue weighted by atomic mass is 9.89. The van der Waals surface area contributed by atoms with Gasteiger partial charge in [0.1, 0.15) is 5.76 Å². The van der Waals surface area contributed by atoms with Crippen molar-refractivity contribution in [3.8, 4) is 0 Å². The Bertz CT molecular complexity index is 736. The summed E-state index contributed by atoms with van der Waals surface area (Å²) >= 11 is 0. The van der Waals surface area contributed by atoms with E-state index in [9.17, 15) is 9.59 Å². The van der Waals surface area contributed by atoms with Gasteiger partial charge in [-0.25, -0.2) is 4.79 Å². The molecule has 1 heterocycles. The zero-order valence-corrected chi connectivity index (χ0v) is 15.4. The van der Waals surface area contributed by atoms with Crippen molar-refractivity contribution in [3.05, 3.63) is 54.0 Å². The maximum absolute atomic E-state index is 12.4. The van der Waals surface area contributed by atoms with Crippen LogP contribution in [0.4, 0.5) is 5.69 Å². The molecule has 1 saturated carbocycles. The summed E-state index contributed by atoms with van der Waals surface area (Å²) in [5.74, 6) is 0.533. The molecule has 0 aliphatic heterocycles. The lowest BCUT2D eigenvalue weighted by molar-refractivity contribution is -0.124. The maximum Gasteiger partial charge on any atom is 0.340 e. The standard InChI is InChI=1S/C21H26N2O4/c24-20(23-13-16-7-2-1-3-8-16)15-27-21(25)18-10-4-5-11-19(18)22-14-17-9-6-12-26-17/h4-6,9-12,16,22H,1-3,7-8,13-15H2,(H,23,24). The predicted octanol–water partition coefficient (Wildman–Crippen LogP) is 3.75. The lowest BCUT2D eigenvalue weighted by Crippen LogP contribution is -2.33. The van der Waals surface area contributed by atoms with Crippen molar-refractivity contribution in [3.63, 3.8) is 0 Å². The van der Waals surface area contributed by atoms with Crippen molar-refractivity contribution < 1.29 is 18.7 Å². The van der Waals surface area contributed by atoms with E-state index in [1.807, 2.05) is 18.2 Å². The van der Waals surface area contributed by atoms with Crippen molar-refractivity contribution in [1.82, 2.24) is 5.32 Å². The van der Waals surface area contributed by atoms with Gasteiger partial charge in [-0.05, 0) is 43.0 Å². The number of anilines is 1. The molecule has 3 rings (SSSR count). The van der Waals surface area contributed by atoms with Gasteiger partial charge in [0.05, 0.1) is 18.4 Å². The highest BCUT2D eigenvalue weighted by Gasteiger charge is 2.17. The Balaban J connectivity index is 1.46. The zero-order valence-electron chi connectivity index (χ0n) is 15.4. The van der Waals surface area contributed by atoms with Crippen LogP contribution < -0.4 is 10.6 Å². The van der Waals surface area contributed by atoms with E-state index in [-0.39, 0.29) is 12.5 Å². The molecule has 1 aromatic heterocycles. The second kappa shape index (κ2) is 9.80. The molecule has 1 fully saturated rings. The van der Waals surface area contributed by atoms with Gasteiger partial charge in [-0.3, -0.25) is 4.79 Å². The third-order valence-corrected chi connectivity index (χ3v) is 4.83. The van der Waals surface area contributed by atoms with E-state index in [0.29, 0.717) is 30.3 Å². The fourth-order valence-electron chi connectivity index (χ4n) is 3.32. The minimum Gasteiger partial charge on any atom is -0.467 e. The first kappa shape index (κ1) is 19.0. The quantitative estimate of drug-likeness (QED) is 0.692. The number of carbonyl (C=O) groups excluding carboxylic acids is 2. The Morgan fingerprint density at radius 1 is 1.07 bits per heavy atom. The van der Waals surface area contributed by atoms with Crippen molar-refractivity contribution in [2.24, 2.45) is 5.92 Å². The number of amides is 1. The van der Waals surface area contributed by atoms with Crippen LogP contribution in [-0.4, -0.2) is 25.0 Å². The summed E-state index contributed by atoms with van der Waals surface area (Å²) in [6.45, 7) is 0.856. The third kappa shape index (κ3) is 5.88. The Labute approximate surface area is 159 Å². The molecule has 27 heavy (non-hydrogen) atoms. The topological polar surface area (TPSA) is 80.6 Å². The summed E-state index contributed by atoms with van der Waals surface area (Å²) in [4.78, 5) is 24.3. The Hall–Kier alpha value is -2.76. The van der Waals surface area contributed by atoms with E-state index in [1.54, 1.807) is 24.5 Å². The summed E-state index contributed by atoms with van der Waals surface area (Å²) in [5.41, 5.74) is 1.03. The van der Waals surface area contributed by atoms with Gasteiger partial charge < -0.3 is 19.8 Å². The number of ether oxygens (including phenoxy) is 1. The SMILES string of the molecule is O=C(COC(=O)c1ccccc1NCc1ccco1)NCC1CCCCC1. The van der Waals surface area contributed by atoms with E-state index in [4.69, 9.17) is 9.15 Å². The number of hydrogen-bond donors (Lipinski definition) is 2. The molecule has 0 bridgehead atoms. The molecule has 6 nitrogen and oxygen atoms in total. The normalized spacial score (nSPS) is 14.5. The van der Waals surface area contributed by atoms with Crippen molar-refractivity contribution in [1.29, 1.82) is 0 Å². The van der Waals surface area contributed by atoms with E-state index in [2.05, 4.69) is 10.6 Å². The number of furan rings is 1. The number of hydrogen-bond acceptors (Lipinski definition) is 5. The van der Waals surface area contributed by atoms with Gasteiger partial charge in [0.15, 0.2) is 6.61 Å². The third-order valence-electron chi connectivity index (χ3n) is 4.83. The Morgan fingerprint density at radius 3 is 2.67 bits per heavy atom. The number of esters is 1. The molecule has 144 valence electrons. The number of rotatable bonds is 8. The molecule has 0 spiro atoms. The molecule has 1 amide bonds. The highest BCUT2D eigenvalue weighted by Crippen LogP contribution is 2.22. The summed E-state index contributed by atoms with van der Waals surface area (Å²) < 4.78 is 10.5. The van der Waals surface area contributed by atoms with Crippen LogP contribution in [0.5, 0.6) is 0 Å². The number of para-hydroxylation sites is 1. The van der Waals surface area contributed by atoms with Crippen LogP contribution in [0.15, 0.2) is 47.1 Å². The van der Waals surface area contributed by atoms with Crippen LogP contribution in [0.2, 0.25) is 0 Å². The first-order valence-corrected chi connectivity index (χ1v) is 9.51. The predicted molar refractivity (Wildman–Crippen MR) is 102 cm³/mol.